The van der Waals surface area contributed by atoms with Crippen LogP contribution in [0.1, 0.15) is 25.0 Å². The zero-order chi connectivity index (χ0) is 42.5. The summed E-state index contributed by atoms with van der Waals surface area (Å²) in [7, 11) is 0. The van der Waals surface area contributed by atoms with Crippen molar-refractivity contribution in [1.29, 1.82) is 0 Å². The van der Waals surface area contributed by atoms with E-state index in [1.54, 1.807) is 0 Å². The van der Waals surface area contributed by atoms with Gasteiger partial charge in [0, 0.05) is 38.6 Å². The highest BCUT2D eigenvalue weighted by molar-refractivity contribution is 6.26. The average molecular weight is 817 g/mol. The van der Waals surface area contributed by atoms with Crippen LogP contribution >= 0.6 is 0 Å². The predicted molar refractivity (Wildman–Crippen MR) is 266 cm³/mol. The number of rotatable bonds is 5. The van der Waals surface area contributed by atoms with E-state index in [0.29, 0.717) is 17.5 Å². The van der Waals surface area contributed by atoms with E-state index in [2.05, 4.69) is 206 Å². The van der Waals surface area contributed by atoms with E-state index in [9.17, 15) is 0 Å². The molecule has 0 spiro atoms. The molecule has 0 radical (unpaired) electrons. The van der Waals surface area contributed by atoms with Crippen LogP contribution in [0.2, 0.25) is 0 Å². The van der Waals surface area contributed by atoms with E-state index in [4.69, 9.17) is 15.0 Å². The Kier molecular flexibility index (Phi) is 7.92. The third-order valence-electron chi connectivity index (χ3n) is 13.6. The Morgan fingerprint density at radius 1 is 0.328 bits per heavy atom. The topological polar surface area (TPSA) is 43.6 Å². The van der Waals surface area contributed by atoms with Crippen LogP contribution in [0.3, 0.4) is 0 Å². The molecule has 12 aromatic rings. The highest BCUT2D eigenvalue weighted by atomic mass is 15.0. The Morgan fingerprint density at radius 2 is 0.828 bits per heavy atom. The van der Waals surface area contributed by atoms with Crippen LogP contribution in [0.25, 0.3) is 116 Å². The van der Waals surface area contributed by atoms with Crippen molar-refractivity contribution in [2.45, 2.75) is 19.3 Å². The molecule has 1 aliphatic rings. The summed E-state index contributed by atoms with van der Waals surface area (Å²) in [6.45, 7) is 4.62. The lowest BCUT2D eigenvalue weighted by Crippen LogP contribution is -2.14. The quantitative estimate of drug-likeness (QED) is 0.163. The largest absolute Gasteiger partial charge is 0.309 e. The Balaban J connectivity index is 0.996. The van der Waals surface area contributed by atoms with E-state index in [0.717, 1.165) is 22.4 Å². The molecule has 0 unspecified atom stereocenters. The van der Waals surface area contributed by atoms with Gasteiger partial charge in [0.25, 0.3) is 0 Å². The zero-order valence-corrected chi connectivity index (χ0v) is 35.4. The number of benzene rings is 10. The SMILES string of the molecule is CC1(C)c2ccccc2-c2c(-c3nc(-c4ccccc4)nc(-c4ccc5c6cc(-c7ccc8c(c7)c7ccccc7n8-c7ccccc7)ccc6c6ccccc6c5c4)n3)cccc21. The molecule has 0 N–H and O–H groups in total. The maximum absolute atomic E-state index is 5.34. The third-order valence-corrected chi connectivity index (χ3v) is 13.6. The summed E-state index contributed by atoms with van der Waals surface area (Å²) < 4.78 is 2.37. The van der Waals surface area contributed by atoms with E-state index in [1.165, 1.54) is 87.5 Å². The molecule has 300 valence electrons. The van der Waals surface area contributed by atoms with Crippen LogP contribution < -0.4 is 0 Å². The van der Waals surface area contributed by atoms with Gasteiger partial charge >= 0.3 is 0 Å². The molecule has 0 saturated carbocycles. The second-order valence-corrected chi connectivity index (χ2v) is 17.6. The first-order chi connectivity index (χ1) is 31.5. The fraction of sp³-hybridized carbons (Fsp3) is 0.0500. The van der Waals surface area contributed by atoms with E-state index in [-0.39, 0.29) is 5.41 Å². The maximum Gasteiger partial charge on any atom is 0.164 e. The van der Waals surface area contributed by atoms with Gasteiger partial charge in [0.05, 0.1) is 11.0 Å². The second-order valence-electron chi connectivity index (χ2n) is 17.6. The summed E-state index contributed by atoms with van der Waals surface area (Å²) >= 11 is 0. The van der Waals surface area contributed by atoms with Crippen LogP contribution in [0.15, 0.2) is 206 Å². The molecule has 64 heavy (non-hydrogen) atoms. The minimum absolute atomic E-state index is 0.141. The van der Waals surface area contributed by atoms with Crippen molar-refractivity contribution in [2.24, 2.45) is 0 Å². The summed E-state index contributed by atoms with van der Waals surface area (Å²) in [4.78, 5) is 15.8. The fourth-order valence-electron chi connectivity index (χ4n) is 10.6. The molecule has 4 heteroatoms. The van der Waals surface area contributed by atoms with Crippen LogP contribution in [-0.2, 0) is 5.41 Å². The number of hydrogen-bond donors (Lipinski definition) is 0. The van der Waals surface area contributed by atoms with Gasteiger partial charge < -0.3 is 4.57 Å². The fourth-order valence-corrected chi connectivity index (χ4v) is 10.6. The minimum atomic E-state index is -0.141. The molecule has 2 heterocycles. The van der Waals surface area contributed by atoms with Gasteiger partial charge in [-0.25, -0.2) is 15.0 Å². The average Bonchev–Trinajstić information content (AvgIpc) is 3.82. The van der Waals surface area contributed by atoms with Gasteiger partial charge in [-0.1, -0.05) is 178 Å². The molecule has 0 saturated heterocycles. The van der Waals surface area contributed by atoms with Crippen molar-refractivity contribution >= 4 is 54.1 Å². The van der Waals surface area contributed by atoms with E-state index < -0.39 is 0 Å². The second kappa shape index (κ2) is 13.9. The summed E-state index contributed by atoms with van der Waals surface area (Å²) in [6.07, 6.45) is 0. The lowest BCUT2D eigenvalue weighted by molar-refractivity contribution is 0.660. The molecule has 0 atom stereocenters. The molecule has 0 fully saturated rings. The molecule has 0 bridgehead atoms. The van der Waals surface area contributed by atoms with Gasteiger partial charge in [-0.05, 0) is 108 Å². The highest BCUT2D eigenvalue weighted by Gasteiger charge is 2.37. The van der Waals surface area contributed by atoms with Gasteiger partial charge in [-0.15, -0.1) is 0 Å². The van der Waals surface area contributed by atoms with Crippen molar-refractivity contribution in [3.05, 3.63) is 217 Å². The number of fused-ring (bicyclic) bond motifs is 12. The molecule has 13 rings (SSSR count). The third kappa shape index (κ3) is 5.45. The zero-order valence-electron chi connectivity index (χ0n) is 35.4. The summed E-state index contributed by atoms with van der Waals surface area (Å²) in [5, 5.41) is 9.71. The number of aromatic nitrogens is 4. The van der Waals surface area contributed by atoms with Gasteiger partial charge in [-0.3, -0.25) is 0 Å². The normalized spacial score (nSPS) is 13.0. The Bertz CT molecular complexity index is 3860. The minimum Gasteiger partial charge on any atom is -0.309 e. The van der Waals surface area contributed by atoms with Gasteiger partial charge in [-0.2, -0.15) is 0 Å². The lowest BCUT2D eigenvalue weighted by atomic mass is 9.82. The van der Waals surface area contributed by atoms with Crippen LogP contribution in [-0.4, -0.2) is 19.5 Å². The van der Waals surface area contributed by atoms with Gasteiger partial charge in [0.1, 0.15) is 0 Å². The Hall–Kier alpha value is -8.21. The Labute approximate surface area is 370 Å². The van der Waals surface area contributed by atoms with Crippen molar-refractivity contribution in [2.75, 3.05) is 0 Å². The molecule has 10 aromatic carbocycles. The highest BCUT2D eigenvalue weighted by Crippen LogP contribution is 2.52. The summed E-state index contributed by atoms with van der Waals surface area (Å²) in [6, 6.07) is 74.4. The number of hydrogen-bond acceptors (Lipinski definition) is 3. The number of nitrogens with zero attached hydrogens (tertiary/aromatic N) is 4. The van der Waals surface area contributed by atoms with Crippen LogP contribution in [0, 0.1) is 0 Å². The molecule has 2 aromatic heterocycles. The number of para-hydroxylation sites is 2. The van der Waals surface area contributed by atoms with E-state index in [1.807, 2.05) is 18.2 Å². The van der Waals surface area contributed by atoms with Crippen molar-refractivity contribution in [3.8, 4) is 62.1 Å². The van der Waals surface area contributed by atoms with Gasteiger partial charge in [0.2, 0.25) is 0 Å². The molecule has 0 amide bonds. The van der Waals surface area contributed by atoms with Crippen LogP contribution in [0.5, 0.6) is 0 Å². The monoisotopic (exact) mass is 816 g/mol. The first-order valence-corrected chi connectivity index (χ1v) is 22.0. The first-order valence-electron chi connectivity index (χ1n) is 22.0. The molecular weight excluding hydrogens is 777 g/mol. The smallest absolute Gasteiger partial charge is 0.164 e. The first kappa shape index (κ1) is 36.4. The summed E-state index contributed by atoms with van der Waals surface area (Å²) in [5.41, 5.74) is 13.8. The lowest BCUT2D eigenvalue weighted by Gasteiger charge is -2.21. The van der Waals surface area contributed by atoms with Crippen molar-refractivity contribution < 1.29 is 0 Å². The summed E-state index contributed by atoms with van der Waals surface area (Å²) in [5.74, 6) is 1.97. The molecule has 1 aliphatic carbocycles. The maximum atomic E-state index is 5.34. The van der Waals surface area contributed by atoms with Crippen molar-refractivity contribution in [3.63, 3.8) is 0 Å². The predicted octanol–water partition coefficient (Wildman–Crippen LogP) is 15.4. The van der Waals surface area contributed by atoms with Crippen molar-refractivity contribution in [1.82, 2.24) is 19.5 Å². The van der Waals surface area contributed by atoms with Gasteiger partial charge in [0.15, 0.2) is 17.5 Å². The van der Waals surface area contributed by atoms with Crippen LogP contribution in [0.4, 0.5) is 0 Å². The van der Waals surface area contributed by atoms with E-state index >= 15 is 0 Å². The standard InChI is InChI=1S/C60H40N4/c1-60(2)52-25-13-11-23-47(52)56-48(24-15-26-53(56)60)59-62-57(37-16-5-3-6-17-37)61-58(63-59)40-29-32-45-49-34-38(28-31-44(49)42-20-9-10-21-43(42)50(45)36-40)39-30-33-55-51(35-39)46-22-12-14-27-54(46)64(55)41-18-7-4-8-19-41/h3-36H,1-2H3. The molecule has 4 nitrogen and oxygen atoms in total. The molecule has 0 aliphatic heterocycles. The molecular formula is C60H40N4. The Morgan fingerprint density at radius 3 is 1.61 bits per heavy atom.